The number of hydrogen-bond donors (Lipinski definition) is 0. The molecule has 0 saturated carbocycles. The lowest BCUT2D eigenvalue weighted by molar-refractivity contribution is 0.151. The van der Waals surface area contributed by atoms with E-state index in [2.05, 4.69) is 4.98 Å². The summed E-state index contributed by atoms with van der Waals surface area (Å²) < 4.78 is 12.1. The van der Waals surface area contributed by atoms with Crippen molar-refractivity contribution in [1.82, 2.24) is 9.55 Å². The Balaban J connectivity index is 2.10. The first-order chi connectivity index (χ1) is 12.5. The Kier molecular flexibility index (Phi) is 5.75. The monoisotopic (exact) mass is 397 g/mol. The lowest BCUT2D eigenvalue weighted by Gasteiger charge is -2.23. The smallest absolute Gasteiger partial charge is 0.294 e. The van der Waals surface area contributed by atoms with Gasteiger partial charge in [-0.15, -0.1) is 0 Å². The van der Waals surface area contributed by atoms with Crippen LogP contribution >= 0.6 is 23.2 Å². The minimum Gasteiger partial charge on any atom is -0.497 e. The number of halogens is 2. The fraction of sp³-hybridized carbons (Fsp3) is 0.444. The zero-order valence-electron chi connectivity index (χ0n) is 15.0. The van der Waals surface area contributed by atoms with Crippen LogP contribution in [0.3, 0.4) is 0 Å². The van der Waals surface area contributed by atoms with Crippen molar-refractivity contribution >= 4 is 34.7 Å². The minimum atomic E-state index is -0.210. The second kappa shape index (κ2) is 7.86. The highest BCUT2D eigenvalue weighted by Crippen LogP contribution is 2.41. The Bertz CT molecular complexity index is 869. The number of ether oxygens (including phenoxy) is 2. The minimum absolute atomic E-state index is 0.111. The van der Waals surface area contributed by atoms with Gasteiger partial charge in [0.25, 0.3) is 5.56 Å². The molecule has 0 bridgehead atoms. The molecule has 0 amide bonds. The Morgan fingerprint density at radius 2 is 2.08 bits per heavy atom. The van der Waals surface area contributed by atoms with E-state index in [0.29, 0.717) is 23.9 Å². The van der Waals surface area contributed by atoms with Gasteiger partial charge in [-0.05, 0) is 24.5 Å². The van der Waals surface area contributed by atoms with Gasteiger partial charge in [0.15, 0.2) is 0 Å². The molecule has 1 atom stereocenters. The molecule has 3 rings (SSSR count). The van der Waals surface area contributed by atoms with Gasteiger partial charge in [-0.1, -0.05) is 30.1 Å². The molecule has 26 heavy (non-hydrogen) atoms. The fourth-order valence-electron chi connectivity index (χ4n) is 3.30. The summed E-state index contributed by atoms with van der Waals surface area (Å²) in [6.07, 6.45) is 3.05. The van der Waals surface area contributed by atoms with E-state index >= 15 is 0 Å². The third kappa shape index (κ3) is 3.41. The van der Waals surface area contributed by atoms with Crippen molar-refractivity contribution in [3.63, 3.8) is 0 Å². The number of fused-ring (bicyclic) bond motifs is 1. The zero-order chi connectivity index (χ0) is 18.8. The quantitative estimate of drug-likeness (QED) is 0.740. The summed E-state index contributed by atoms with van der Waals surface area (Å²) >= 11 is 12.7. The molecule has 0 fully saturated rings. The maximum absolute atomic E-state index is 13.1. The van der Waals surface area contributed by atoms with Crippen LogP contribution in [0.4, 0.5) is 11.5 Å². The fourth-order valence-corrected chi connectivity index (χ4v) is 3.81. The van der Waals surface area contributed by atoms with Crippen LogP contribution in [-0.4, -0.2) is 36.9 Å². The normalized spacial score (nSPS) is 14.4. The van der Waals surface area contributed by atoms with Gasteiger partial charge in [-0.2, -0.15) is 0 Å². The van der Waals surface area contributed by atoms with Crippen LogP contribution in [0.15, 0.2) is 23.1 Å². The lowest BCUT2D eigenvalue weighted by Crippen LogP contribution is -2.33. The standard InChI is InChI=1S/C18H21Cl2N3O3/c1-4-12(10-25-2)23-9-15(20)21-17(18(23)24)22-6-5-11-7-13(26-3)8-14(19)16(11)22/h7-9,12H,4-6,10H2,1-3H3. The summed E-state index contributed by atoms with van der Waals surface area (Å²) in [5, 5.41) is 0.778. The van der Waals surface area contributed by atoms with Gasteiger partial charge in [0.1, 0.15) is 10.9 Å². The van der Waals surface area contributed by atoms with E-state index in [4.69, 9.17) is 32.7 Å². The molecular formula is C18H21Cl2N3O3. The van der Waals surface area contributed by atoms with Gasteiger partial charge >= 0.3 is 0 Å². The topological polar surface area (TPSA) is 56.6 Å². The van der Waals surface area contributed by atoms with Gasteiger partial charge in [0.05, 0.1) is 30.5 Å². The van der Waals surface area contributed by atoms with Crippen LogP contribution in [-0.2, 0) is 11.2 Å². The van der Waals surface area contributed by atoms with E-state index in [-0.39, 0.29) is 22.6 Å². The van der Waals surface area contributed by atoms with E-state index in [1.54, 1.807) is 31.0 Å². The molecule has 2 aromatic rings. The first-order valence-electron chi connectivity index (χ1n) is 8.41. The average molecular weight is 398 g/mol. The van der Waals surface area contributed by atoms with Crippen molar-refractivity contribution in [2.75, 3.05) is 32.3 Å². The highest BCUT2D eigenvalue weighted by Gasteiger charge is 2.28. The molecule has 1 aromatic heterocycles. The number of methoxy groups -OCH3 is 2. The molecule has 0 spiro atoms. The van der Waals surface area contributed by atoms with Crippen LogP contribution in [0.25, 0.3) is 0 Å². The number of benzene rings is 1. The van der Waals surface area contributed by atoms with Crippen LogP contribution in [0.5, 0.6) is 5.75 Å². The summed E-state index contributed by atoms with van der Waals surface area (Å²) in [6.45, 7) is 3.02. The SMILES string of the molecule is CCC(COC)n1cc(Cl)nc(N2CCc3cc(OC)cc(Cl)c32)c1=O. The highest BCUT2D eigenvalue weighted by molar-refractivity contribution is 6.34. The Morgan fingerprint density at radius 1 is 1.31 bits per heavy atom. The van der Waals surface area contributed by atoms with E-state index in [1.165, 1.54) is 0 Å². The van der Waals surface area contributed by atoms with E-state index in [1.807, 2.05) is 17.9 Å². The zero-order valence-corrected chi connectivity index (χ0v) is 16.5. The molecule has 140 valence electrons. The Hall–Kier alpha value is -1.76. The highest BCUT2D eigenvalue weighted by atomic mass is 35.5. The molecule has 0 saturated heterocycles. The van der Waals surface area contributed by atoms with Gasteiger partial charge in [0.2, 0.25) is 5.82 Å². The number of aromatic nitrogens is 2. The van der Waals surface area contributed by atoms with Crippen molar-refractivity contribution in [2.45, 2.75) is 25.8 Å². The van der Waals surface area contributed by atoms with E-state index in [9.17, 15) is 4.79 Å². The van der Waals surface area contributed by atoms with Crippen LogP contribution < -0.4 is 15.2 Å². The summed E-state index contributed by atoms with van der Waals surface area (Å²) in [4.78, 5) is 19.2. The molecule has 1 aliphatic heterocycles. The Labute approximate surface area is 162 Å². The summed E-state index contributed by atoms with van der Waals surface area (Å²) in [5.74, 6) is 0.969. The second-order valence-corrected chi connectivity index (χ2v) is 6.93. The predicted octanol–water partition coefficient (Wildman–Crippen LogP) is 3.85. The maximum atomic E-state index is 13.1. The van der Waals surface area contributed by atoms with Crippen LogP contribution in [0, 0.1) is 0 Å². The number of rotatable bonds is 6. The van der Waals surface area contributed by atoms with Crippen molar-refractivity contribution in [1.29, 1.82) is 0 Å². The van der Waals surface area contributed by atoms with Crippen molar-refractivity contribution < 1.29 is 9.47 Å². The molecule has 1 aromatic carbocycles. The first kappa shape index (κ1) is 19.0. The van der Waals surface area contributed by atoms with Crippen molar-refractivity contribution in [3.8, 4) is 5.75 Å². The Morgan fingerprint density at radius 3 is 2.73 bits per heavy atom. The predicted molar refractivity (Wildman–Crippen MR) is 103 cm³/mol. The van der Waals surface area contributed by atoms with Crippen molar-refractivity contribution in [3.05, 3.63) is 44.4 Å². The molecule has 1 unspecified atom stereocenters. The molecule has 8 heteroatoms. The third-order valence-corrected chi connectivity index (χ3v) is 5.06. The van der Waals surface area contributed by atoms with Gasteiger partial charge in [-0.25, -0.2) is 4.98 Å². The average Bonchev–Trinajstić information content (AvgIpc) is 3.05. The summed E-state index contributed by atoms with van der Waals surface area (Å²) in [7, 11) is 3.21. The van der Waals surface area contributed by atoms with Gasteiger partial charge < -0.3 is 18.9 Å². The van der Waals surface area contributed by atoms with Gasteiger partial charge in [0, 0.05) is 25.9 Å². The van der Waals surface area contributed by atoms with Crippen LogP contribution in [0.1, 0.15) is 24.9 Å². The van der Waals surface area contributed by atoms with Gasteiger partial charge in [-0.3, -0.25) is 4.79 Å². The molecule has 2 heterocycles. The molecule has 0 N–H and O–H groups in total. The molecule has 1 aliphatic rings. The molecule has 6 nitrogen and oxygen atoms in total. The van der Waals surface area contributed by atoms with Crippen molar-refractivity contribution in [2.24, 2.45) is 0 Å². The summed E-state index contributed by atoms with van der Waals surface area (Å²) in [5.41, 5.74) is 1.59. The summed E-state index contributed by atoms with van der Waals surface area (Å²) in [6, 6.07) is 3.56. The molecule has 0 aliphatic carbocycles. The first-order valence-corrected chi connectivity index (χ1v) is 9.17. The second-order valence-electron chi connectivity index (χ2n) is 6.14. The number of nitrogens with zero attached hydrogens (tertiary/aromatic N) is 3. The number of anilines is 2. The molecule has 0 radical (unpaired) electrons. The largest absolute Gasteiger partial charge is 0.497 e. The molecular weight excluding hydrogens is 377 g/mol. The third-order valence-electron chi connectivity index (χ3n) is 4.59. The van der Waals surface area contributed by atoms with Crippen LogP contribution in [0.2, 0.25) is 10.2 Å². The lowest BCUT2D eigenvalue weighted by atomic mass is 10.1. The van der Waals surface area contributed by atoms with E-state index in [0.717, 1.165) is 24.1 Å². The maximum Gasteiger partial charge on any atom is 0.294 e. The number of hydrogen-bond acceptors (Lipinski definition) is 5. The van der Waals surface area contributed by atoms with E-state index < -0.39 is 0 Å².